The average molecular weight is 457 g/mol. The Bertz CT molecular complexity index is 1120. The van der Waals surface area contributed by atoms with Crippen LogP contribution in [0.2, 0.25) is 0 Å². The third-order valence-corrected chi connectivity index (χ3v) is 6.13. The predicted molar refractivity (Wildman–Crippen MR) is 121 cm³/mol. The lowest BCUT2D eigenvalue weighted by Crippen LogP contribution is -2.42. The highest BCUT2D eigenvalue weighted by atomic mass is 32.1. The number of nitrogens with one attached hydrogen (secondary N) is 1. The van der Waals surface area contributed by atoms with Crippen LogP contribution >= 0.6 is 11.3 Å². The van der Waals surface area contributed by atoms with E-state index in [-0.39, 0.29) is 36.4 Å². The molecule has 0 radical (unpaired) electrons. The zero-order valence-corrected chi connectivity index (χ0v) is 19.2. The van der Waals surface area contributed by atoms with E-state index in [2.05, 4.69) is 4.98 Å². The second-order valence-electron chi connectivity index (χ2n) is 7.42. The number of aryl methyl sites for hydroxylation is 1. The summed E-state index contributed by atoms with van der Waals surface area (Å²) in [4.78, 5) is 43.9. The van der Waals surface area contributed by atoms with Crippen molar-refractivity contribution >= 4 is 29.0 Å². The van der Waals surface area contributed by atoms with Crippen LogP contribution < -0.4 is 0 Å². The van der Waals surface area contributed by atoms with Crippen LogP contribution in [0, 0.1) is 19.7 Å². The topological polar surface area (TPSA) is 79.5 Å². The van der Waals surface area contributed by atoms with Crippen molar-refractivity contribution in [3.05, 3.63) is 80.6 Å². The molecule has 0 fully saturated rings. The Balaban J connectivity index is 1.96. The van der Waals surface area contributed by atoms with Crippen molar-refractivity contribution in [2.24, 2.45) is 0 Å². The molecule has 1 N–H and O–H groups in total. The maximum Gasteiger partial charge on any atom is 0.355 e. The molecule has 168 valence electrons. The molecular formula is C24H25FN2O4S. The number of carbonyl (C=O) groups is 3. The monoisotopic (exact) mass is 456 g/mol. The van der Waals surface area contributed by atoms with Gasteiger partial charge in [-0.3, -0.25) is 9.59 Å². The van der Waals surface area contributed by atoms with Crippen LogP contribution in [-0.2, 0) is 11.3 Å². The van der Waals surface area contributed by atoms with E-state index in [0.29, 0.717) is 27.3 Å². The van der Waals surface area contributed by atoms with Gasteiger partial charge in [0.1, 0.15) is 11.5 Å². The van der Waals surface area contributed by atoms with E-state index in [1.54, 1.807) is 57.3 Å². The van der Waals surface area contributed by atoms with E-state index in [4.69, 9.17) is 4.74 Å². The summed E-state index contributed by atoms with van der Waals surface area (Å²) in [5, 5.41) is 1.79. The molecule has 6 nitrogen and oxygen atoms in total. The van der Waals surface area contributed by atoms with Crippen molar-refractivity contribution in [3.8, 4) is 0 Å². The molecule has 0 aliphatic rings. The van der Waals surface area contributed by atoms with Gasteiger partial charge in [-0.25, -0.2) is 9.18 Å². The normalized spacial score (nSPS) is 11.8. The highest BCUT2D eigenvalue weighted by Gasteiger charge is 2.32. The van der Waals surface area contributed by atoms with Gasteiger partial charge in [0.2, 0.25) is 0 Å². The summed E-state index contributed by atoms with van der Waals surface area (Å²) in [7, 11) is 0. The van der Waals surface area contributed by atoms with Crippen LogP contribution in [0.25, 0.3) is 0 Å². The Morgan fingerprint density at radius 2 is 1.84 bits per heavy atom. The summed E-state index contributed by atoms with van der Waals surface area (Å²) < 4.78 is 18.4. The fraction of sp³-hybridized carbons (Fsp3) is 0.292. The van der Waals surface area contributed by atoms with Gasteiger partial charge < -0.3 is 14.6 Å². The first kappa shape index (κ1) is 23.4. The molecule has 0 saturated carbocycles. The minimum absolute atomic E-state index is 0.136. The standard InChI is InChI=1S/C24H25FN2O4S/c1-5-31-24(30)21-14(2)20(15(3)26-21)22(28)16(4)27(23(29)19-7-6-12-32-19)13-17-8-10-18(25)11-9-17/h6-12,16,26H,5,13H2,1-4H3/t16-/m0/s1. The van der Waals surface area contributed by atoms with E-state index in [1.807, 2.05) is 0 Å². The zero-order chi connectivity index (χ0) is 23.4. The summed E-state index contributed by atoms with van der Waals surface area (Å²) in [6, 6.07) is 8.47. The number of halogens is 1. The summed E-state index contributed by atoms with van der Waals surface area (Å²) in [5.74, 6) is -1.49. The van der Waals surface area contributed by atoms with E-state index in [1.165, 1.54) is 28.4 Å². The number of amides is 1. The molecule has 3 rings (SSSR count). The number of ketones is 1. The lowest BCUT2D eigenvalue weighted by atomic mass is 9.99. The molecule has 0 aliphatic heterocycles. The Labute approximate surface area is 190 Å². The lowest BCUT2D eigenvalue weighted by molar-refractivity contribution is 0.0518. The van der Waals surface area contributed by atoms with E-state index in [9.17, 15) is 18.8 Å². The van der Waals surface area contributed by atoms with E-state index in [0.717, 1.165) is 0 Å². The van der Waals surface area contributed by atoms with Crippen molar-refractivity contribution in [1.29, 1.82) is 0 Å². The molecule has 32 heavy (non-hydrogen) atoms. The number of hydrogen-bond donors (Lipinski definition) is 1. The minimum atomic E-state index is -0.821. The first-order chi connectivity index (χ1) is 15.2. The number of carbonyl (C=O) groups excluding carboxylic acids is 3. The first-order valence-corrected chi connectivity index (χ1v) is 11.1. The second kappa shape index (κ2) is 9.91. The molecule has 1 amide bonds. The number of ether oxygens (including phenoxy) is 1. The molecule has 2 heterocycles. The summed E-state index contributed by atoms with van der Waals surface area (Å²) in [5.41, 5.74) is 2.32. The zero-order valence-electron chi connectivity index (χ0n) is 18.4. The van der Waals surface area contributed by atoms with Gasteiger partial charge in [0.05, 0.1) is 17.5 Å². The molecule has 2 aromatic heterocycles. The molecule has 0 aliphatic carbocycles. The third-order valence-electron chi connectivity index (χ3n) is 5.27. The molecule has 8 heteroatoms. The second-order valence-corrected chi connectivity index (χ2v) is 8.37. The van der Waals surface area contributed by atoms with Crippen molar-refractivity contribution in [2.45, 2.75) is 40.3 Å². The summed E-state index contributed by atoms with van der Waals surface area (Å²) in [6.07, 6.45) is 0. The fourth-order valence-corrected chi connectivity index (χ4v) is 4.27. The first-order valence-electron chi connectivity index (χ1n) is 10.2. The quantitative estimate of drug-likeness (QED) is 0.385. The van der Waals surface area contributed by atoms with Gasteiger partial charge in [0.25, 0.3) is 5.91 Å². The smallest absolute Gasteiger partial charge is 0.355 e. The number of thiophene rings is 1. The Hall–Kier alpha value is -3.26. The average Bonchev–Trinajstić information content (AvgIpc) is 3.40. The maximum absolute atomic E-state index is 13.5. The highest BCUT2D eigenvalue weighted by Crippen LogP contribution is 2.24. The van der Waals surface area contributed by atoms with Crippen LogP contribution in [-0.4, -0.2) is 40.2 Å². The number of rotatable bonds is 8. The maximum atomic E-state index is 13.5. The Morgan fingerprint density at radius 1 is 1.16 bits per heavy atom. The third kappa shape index (κ3) is 4.80. The van der Waals surface area contributed by atoms with Crippen LogP contribution in [0.15, 0.2) is 41.8 Å². The van der Waals surface area contributed by atoms with Gasteiger partial charge in [0.15, 0.2) is 5.78 Å². The molecule has 0 bridgehead atoms. The van der Waals surface area contributed by atoms with Gasteiger partial charge in [0, 0.05) is 17.8 Å². The number of aromatic amines is 1. The predicted octanol–water partition coefficient (Wildman–Crippen LogP) is 4.92. The van der Waals surface area contributed by atoms with E-state index < -0.39 is 12.0 Å². The minimum Gasteiger partial charge on any atom is -0.461 e. The van der Waals surface area contributed by atoms with Crippen LogP contribution in [0.1, 0.15) is 61.2 Å². The number of hydrogen-bond acceptors (Lipinski definition) is 5. The van der Waals surface area contributed by atoms with Crippen LogP contribution in [0.3, 0.4) is 0 Å². The van der Waals surface area contributed by atoms with Crippen LogP contribution in [0.4, 0.5) is 4.39 Å². The molecule has 0 unspecified atom stereocenters. The van der Waals surface area contributed by atoms with Crippen molar-refractivity contribution in [2.75, 3.05) is 6.61 Å². The molecule has 1 aromatic carbocycles. The number of benzene rings is 1. The van der Waals surface area contributed by atoms with Crippen molar-refractivity contribution in [3.63, 3.8) is 0 Å². The summed E-state index contributed by atoms with van der Waals surface area (Å²) >= 11 is 1.29. The van der Waals surface area contributed by atoms with Gasteiger partial charge in [-0.05, 0) is 62.4 Å². The van der Waals surface area contributed by atoms with Gasteiger partial charge in [-0.2, -0.15) is 0 Å². The SMILES string of the molecule is CCOC(=O)c1[nH]c(C)c(C(=O)[C@H](C)N(Cc2ccc(F)cc2)C(=O)c2cccs2)c1C. The Morgan fingerprint density at radius 3 is 2.44 bits per heavy atom. The number of H-pyrrole nitrogens is 1. The largest absolute Gasteiger partial charge is 0.461 e. The van der Waals surface area contributed by atoms with Gasteiger partial charge >= 0.3 is 5.97 Å². The van der Waals surface area contributed by atoms with Crippen molar-refractivity contribution in [1.82, 2.24) is 9.88 Å². The summed E-state index contributed by atoms with van der Waals surface area (Å²) in [6.45, 7) is 7.12. The highest BCUT2D eigenvalue weighted by molar-refractivity contribution is 7.12. The van der Waals surface area contributed by atoms with Gasteiger partial charge in [-0.1, -0.05) is 18.2 Å². The van der Waals surface area contributed by atoms with Gasteiger partial charge in [-0.15, -0.1) is 11.3 Å². The Kier molecular flexibility index (Phi) is 7.25. The van der Waals surface area contributed by atoms with Crippen LogP contribution in [0.5, 0.6) is 0 Å². The van der Waals surface area contributed by atoms with E-state index >= 15 is 0 Å². The molecular weight excluding hydrogens is 431 g/mol. The molecule has 0 spiro atoms. The number of esters is 1. The fourth-order valence-electron chi connectivity index (χ4n) is 3.59. The molecule has 3 aromatic rings. The van der Waals surface area contributed by atoms with Crippen molar-refractivity contribution < 1.29 is 23.5 Å². The molecule has 1 atom stereocenters. The number of nitrogens with zero attached hydrogens (tertiary/aromatic N) is 1. The number of aromatic nitrogens is 1. The molecule has 0 saturated heterocycles. The lowest BCUT2D eigenvalue weighted by Gasteiger charge is -2.28. The number of Topliss-reactive ketones (excluding diaryl/α,β-unsaturated/α-hetero) is 1.